The van der Waals surface area contributed by atoms with E-state index >= 15 is 0 Å². The number of esters is 1. The van der Waals surface area contributed by atoms with Gasteiger partial charge < -0.3 is 14.2 Å². The lowest BCUT2D eigenvalue weighted by atomic mass is 9.97. The fourth-order valence-electron chi connectivity index (χ4n) is 2.48. The number of carbonyl (C=O) groups excluding carboxylic acids is 2. The van der Waals surface area contributed by atoms with Gasteiger partial charge in [-0.1, -0.05) is 11.6 Å². The van der Waals surface area contributed by atoms with Crippen LogP contribution < -0.4 is 0 Å². The minimum absolute atomic E-state index is 0.0401. The van der Waals surface area contributed by atoms with Crippen molar-refractivity contribution in [3.63, 3.8) is 0 Å². The van der Waals surface area contributed by atoms with Gasteiger partial charge in [-0.25, -0.2) is 0 Å². The van der Waals surface area contributed by atoms with Crippen molar-refractivity contribution < 1.29 is 14.3 Å². The Morgan fingerprint density at radius 3 is 2.55 bits per heavy atom. The van der Waals surface area contributed by atoms with E-state index in [0.717, 1.165) is 0 Å². The highest BCUT2D eigenvalue weighted by Gasteiger charge is 2.29. The van der Waals surface area contributed by atoms with Gasteiger partial charge in [0.2, 0.25) is 0 Å². The molecule has 0 unspecified atom stereocenters. The van der Waals surface area contributed by atoms with Gasteiger partial charge in [-0.05, 0) is 25.8 Å². The summed E-state index contributed by atoms with van der Waals surface area (Å²) in [4.78, 5) is 25.8. The van der Waals surface area contributed by atoms with Gasteiger partial charge in [0.05, 0.1) is 17.5 Å². The van der Waals surface area contributed by atoms with Gasteiger partial charge in [0.15, 0.2) is 0 Å². The van der Waals surface area contributed by atoms with Gasteiger partial charge in [0.25, 0.3) is 5.91 Å². The third kappa shape index (κ3) is 3.15. The van der Waals surface area contributed by atoms with Gasteiger partial charge >= 0.3 is 5.97 Å². The smallest absolute Gasteiger partial charge is 0.309 e. The van der Waals surface area contributed by atoms with Crippen LogP contribution in [0.25, 0.3) is 0 Å². The highest BCUT2D eigenvalue weighted by Crippen LogP contribution is 2.21. The number of aromatic nitrogens is 1. The summed E-state index contributed by atoms with van der Waals surface area (Å²) in [5.74, 6) is -0.279. The van der Waals surface area contributed by atoms with Crippen molar-refractivity contribution in [2.24, 2.45) is 13.0 Å². The van der Waals surface area contributed by atoms with Crippen molar-refractivity contribution in [1.29, 1.82) is 0 Å². The SMILES string of the molecule is CCOC(=O)C1CCN(C(=O)c2cc(Cl)cn2C)CC1. The Balaban J connectivity index is 1.95. The molecule has 0 radical (unpaired) electrons. The van der Waals surface area contributed by atoms with E-state index in [1.54, 1.807) is 35.7 Å². The van der Waals surface area contributed by atoms with Crippen molar-refractivity contribution in [2.45, 2.75) is 19.8 Å². The van der Waals surface area contributed by atoms with Crippen molar-refractivity contribution in [1.82, 2.24) is 9.47 Å². The fraction of sp³-hybridized carbons (Fsp3) is 0.571. The van der Waals surface area contributed by atoms with Crippen LogP contribution in [0.15, 0.2) is 12.3 Å². The molecule has 0 atom stereocenters. The largest absolute Gasteiger partial charge is 0.466 e. The molecule has 0 spiro atoms. The molecule has 5 nitrogen and oxygen atoms in total. The fourth-order valence-corrected chi connectivity index (χ4v) is 2.73. The molecule has 2 rings (SSSR count). The van der Waals surface area contributed by atoms with E-state index in [1.165, 1.54) is 0 Å². The predicted octanol–water partition coefficient (Wildman–Crippen LogP) is 2.09. The van der Waals surface area contributed by atoms with Crippen molar-refractivity contribution in [3.05, 3.63) is 23.0 Å². The molecule has 1 aliphatic heterocycles. The van der Waals surface area contributed by atoms with Crippen LogP contribution in [0.5, 0.6) is 0 Å². The third-order valence-electron chi connectivity index (χ3n) is 3.59. The quantitative estimate of drug-likeness (QED) is 0.803. The molecule has 0 aromatic carbocycles. The molecule has 1 aliphatic rings. The first-order valence-corrected chi connectivity index (χ1v) is 7.18. The van der Waals surface area contributed by atoms with Crippen LogP contribution in [0.4, 0.5) is 0 Å². The maximum Gasteiger partial charge on any atom is 0.309 e. The summed E-state index contributed by atoms with van der Waals surface area (Å²) in [6.07, 6.45) is 3.02. The number of likely N-dealkylation sites (tertiary alicyclic amines) is 1. The number of piperidine rings is 1. The Morgan fingerprint density at radius 1 is 1.40 bits per heavy atom. The number of amides is 1. The number of nitrogens with zero attached hydrogens (tertiary/aromatic N) is 2. The second-order valence-corrected chi connectivity index (χ2v) is 5.41. The van der Waals surface area contributed by atoms with Crippen molar-refractivity contribution >= 4 is 23.5 Å². The number of ether oxygens (including phenoxy) is 1. The van der Waals surface area contributed by atoms with Gasteiger partial charge in [-0.2, -0.15) is 0 Å². The topological polar surface area (TPSA) is 51.5 Å². The molecule has 6 heteroatoms. The molecule has 1 saturated heterocycles. The first kappa shape index (κ1) is 14.9. The summed E-state index contributed by atoms with van der Waals surface area (Å²) >= 11 is 5.90. The number of hydrogen-bond acceptors (Lipinski definition) is 3. The standard InChI is InChI=1S/C14H19ClN2O3/c1-3-20-14(19)10-4-6-17(7-5-10)13(18)12-8-11(15)9-16(12)2/h8-10H,3-7H2,1-2H3. The average molecular weight is 299 g/mol. The Morgan fingerprint density at radius 2 is 2.05 bits per heavy atom. The molecule has 1 aromatic rings. The lowest BCUT2D eigenvalue weighted by molar-refractivity contribution is -0.149. The summed E-state index contributed by atoms with van der Waals surface area (Å²) in [6.45, 7) is 3.35. The molecule has 20 heavy (non-hydrogen) atoms. The summed E-state index contributed by atoms with van der Waals surface area (Å²) in [5.41, 5.74) is 0.574. The zero-order valence-electron chi connectivity index (χ0n) is 11.8. The molecule has 1 amide bonds. The van der Waals surface area contributed by atoms with E-state index in [2.05, 4.69) is 0 Å². The molecule has 0 saturated carbocycles. The van der Waals surface area contributed by atoms with Gasteiger partial charge in [-0.15, -0.1) is 0 Å². The van der Waals surface area contributed by atoms with Crippen LogP contribution in [-0.2, 0) is 16.6 Å². The summed E-state index contributed by atoms with van der Waals surface area (Å²) < 4.78 is 6.74. The van der Waals surface area contributed by atoms with E-state index < -0.39 is 0 Å². The minimum Gasteiger partial charge on any atom is -0.466 e. The Hall–Kier alpha value is -1.49. The van der Waals surface area contributed by atoms with Gasteiger partial charge in [0.1, 0.15) is 5.69 Å². The number of carbonyl (C=O) groups is 2. The maximum atomic E-state index is 12.4. The summed E-state index contributed by atoms with van der Waals surface area (Å²) in [5, 5.41) is 0.553. The zero-order chi connectivity index (χ0) is 14.7. The van der Waals surface area contributed by atoms with E-state index in [4.69, 9.17) is 16.3 Å². The monoisotopic (exact) mass is 298 g/mol. The molecule has 2 heterocycles. The van der Waals surface area contributed by atoms with Gasteiger partial charge in [0, 0.05) is 26.3 Å². The minimum atomic E-state index is -0.151. The molecule has 0 aliphatic carbocycles. The first-order valence-electron chi connectivity index (χ1n) is 6.80. The van der Waals surface area contributed by atoms with Crippen LogP contribution in [-0.4, -0.2) is 41.0 Å². The van der Waals surface area contributed by atoms with E-state index in [-0.39, 0.29) is 17.8 Å². The lowest BCUT2D eigenvalue weighted by Gasteiger charge is -2.30. The van der Waals surface area contributed by atoms with E-state index in [1.807, 2.05) is 0 Å². The average Bonchev–Trinajstić information content (AvgIpc) is 2.77. The highest BCUT2D eigenvalue weighted by molar-refractivity contribution is 6.31. The Labute approximate surface area is 123 Å². The van der Waals surface area contributed by atoms with Gasteiger partial charge in [-0.3, -0.25) is 9.59 Å². The number of hydrogen-bond donors (Lipinski definition) is 0. The molecule has 110 valence electrons. The summed E-state index contributed by atoms with van der Waals surface area (Å²) in [7, 11) is 1.80. The first-order chi connectivity index (χ1) is 9.52. The zero-order valence-corrected chi connectivity index (χ0v) is 12.5. The van der Waals surface area contributed by atoms with E-state index in [9.17, 15) is 9.59 Å². The van der Waals surface area contributed by atoms with Crippen molar-refractivity contribution in [3.8, 4) is 0 Å². The molecular weight excluding hydrogens is 280 g/mol. The number of halogens is 1. The summed E-state index contributed by atoms with van der Waals surface area (Å²) in [6, 6.07) is 1.67. The highest BCUT2D eigenvalue weighted by atomic mass is 35.5. The molecule has 0 N–H and O–H groups in total. The lowest BCUT2D eigenvalue weighted by Crippen LogP contribution is -2.41. The Bertz CT molecular complexity index is 505. The van der Waals surface area contributed by atoms with Crippen molar-refractivity contribution in [2.75, 3.05) is 19.7 Å². The molecule has 1 fully saturated rings. The van der Waals surface area contributed by atoms with Crippen LogP contribution in [0.2, 0.25) is 5.02 Å². The number of aryl methyl sites for hydroxylation is 1. The number of rotatable bonds is 3. The van der Waals surface area contributed by atoms with Crippen LogP contribution >= 0.6 is 11.6 Å². The molecule has 1 aromatic heterocycles. The molecular formula is C14H19ClN2O3. The van der Waals surface area contributed by atoms with Crippen LogP contribution in [0, 0.1) is 5.92 Å². The van der Waals surface area contributed by atoms with E-state index in [0.29, 0.717) is 43.3 Å². The normalized spacial score (nSPS) is 16.2. The second kappa shape index (κ2) is 6.31. The maximum absolute atomic E-state index is 12.4. The predicted molar refractivity (Wildman–Crippen MR) is 75.7 cm³/mol. The molecule has 0 bridgehead atoms. The third-order valence-corrected chi connectivity index (χ3v) is 3.80. The Kier molecular flexibility index (Phi) is 4.70. The van der Waals surface area contributed by atoms with Crippen LogP contribution in [0.1, 0.15) is 30.3 Å². The van der Waals surface area contributed by atoms with Crippen LogP contribution in [0.3, 0.4) is 0 Å². The second-order valence-electron chi connectivity index (χ2n) is 4.97.